The molecule has 1 saturated carbocycles. The van der Waals surface area contributed by atoms with E-state index in [9.17, 15) is 4.79 Å². The van der Waals surface area contributed by atoms with Gasteiger partial charge in [0.2, 0.25) is 5.91 Å². The molecule has 1 aliphatic carbocycles. The molecular weight excluding hydrogens is 222 g/mol. The molecule has 0 unspecified atom stereocenters. The van der Waals surface area contributed by atoms with Gasteiger partial charge in [-0.15, -0.1) is 0 Å². The van der Waals surface area contributed by atoms with Crippen LogP contribution in [-0.2, 0) is 11.3 Å². The number of aryl methyl sites for hydroxylation is 1. The quantitative estimate of drug-likeness (QED) is 0.252. The molecule has 7 nitrogen and oxygen atoms in total. The molecule has 0 saturated heterocycles. The van der Waals surface area contributed by atoms with Crippen molar-refractivity contribution in [1.82, 2.24) is 15.5 Å². The zero-order chi connectivity index (χ0) is 12.5. The standard InChI is InChI=1S/C10H15N5O2/c1-6-7(5-13-14-6)4-12-9(16)10(2-3-10)8(11)15-17/h5,17H,2-4H2,1H3,(H2,11,15)(H,12,16)(H,13,14). The minimum absolute atomic E-state index is 0.0149. The number of amidine groups is 1. The summed E-state index contributed by atoms with van der Waals surface area (Å²) < 4.78 is 0. The molecule has 0 spiro atoms. The number of oxime groups is 1. The molecule has 1 heterocycles. The Morgan fingerprint density at radius 2 is 2.47 bits per heavy atom. The minimum Gasteiger partial charge on any atom is -0.409 e. The molecule has 0 bridgehead atoms. The minimum atomic E-state index is -0.799. The van der Waals surface area contributed by atoms with Gasteiger partial charge >= 0.3 is 0 Å². The molecule has 1 aromatic heterocycles. The van der Waals surface area contributed by atoms with E-state index in [0.29, 0.717) is 19.4 Å². The SMILES string of the molecule is Cc1[nH]ncc1CNC(=O)C1(/C(N)=N/O)CC1. The molecule has 1 aromatic rings. The second kappa shape index (κ2) is 4.08. The summed E-state index contributed by atoms with van der Waals surface area (Å²) in [6, 6.07) is 0. The molecule has 0 radical (unpaired) electrons. The zero-order valence-corrected chi connectivity index (χ0v) is 9.53. The van der Waals surface area contributed by atoms with Crippen molar-refractivity contribution in [2.45, 2.75) is 26.3 Å². The smallest absolute Gasteiger partial charge is 0.234 e. The Balaban J connectivity index is 1.97. The van der Waals surface area contributed by atoms with Crippen molar-refractivity contribution >= 4 is 11.7 Å². The largest absolute Gasteiger partial charge is 0.409 e. The Kier molecular flexibility index (Phi) is 2.74. The lowest BCUT2D eigenvalue weighted by molar-refractivity contribution is -0.124. The number of aromatic nitrogens is 2. The van der Waals surface area contributed by atoms with Crippen LogP contribution in [-0.4, -0.2) is 27.1 Å². The van der Waals surface area contributed by atoms with Crippen molar-refractivity contribution < 1.29 is 10.0 Å². The van der Waals surface area contributed by atoms with Crippen molar-refractivity contribution in [2.75, 3.05) is 0 Å². The monoisotopic (exact) mass is 237 g/mol. The molecule has 1 fully saturated rings. The van der Waals surface area contributed by atoms with Gasteiger partial charge in [-0.3, -0.25) is 9.89 Å². The van der Waals surface area contributed by atoms with Crippen LogP contribution in [0.2, 0.25) is 0 Å². The molecule has 7 heteroatoms. The fourth-order valence-electron chi connectivity index (χ4n) is 1.72. The lowest BCUT2D eigenvalue weighted by Gasteiger charge is -2.13. The Hall–Kier alpha value is -2.05. The maximum absolute atomic E-state index is 11.9. The van der Waals surface area contributed by atoms with Gasteiger partial charge < -0.3 is 16.3 Å². The van der Waals surface area contributed by atoms with Crippen molar-refractivity contribution in [2.24, 2.45) is 16.3 Å². The van der Waals surface area contributed by atoms with Gasteiger partial charge in [0.15, 0.2) is 5.84 Å². The van der Waals surface area contributed by atoms with Crippen LogP contribution in [0.15, 0.2) is 11.4 Å². The van der Waals surface area contributed by atoms with Crippen LogP contribution in [0.5, 0.6) is 0 Å². The highest BCUT2D eigenvalue weighted by Gasteiger charge is 2.54. The van der Waals surface area contributed by atoms with Crippen LogP contribution in [0.3, 0.4) is 0 Å². The Bertz CT molecular complexity index is 461. The summed E-state index contributed by atoms with van der Waals surface area (Å²) in [5, 5.41) is 21.0. The van der Waals surface area contributed by atoms with E-state index in [0.717, 1.165) is 11.3 Å². The third-order valence-electron chi connectivity index (χ3n) is 3.16. The van der Waals surface area contributed by atoms with Crippen LogP contribution in [0, 0.1) is 12.3 Å². The number of H-pyrrole nitrogens is 1. The number of aromatic amines is 1. The van der Waals surface area contributed by atoms with Gasteiger partial charge in [0.1, 0.15) is 5.41 Å². The van der Waals surface area contributed by atoms with Gasteiger partial charge in [0, 0.05) is 17.8 Å². The highest BCUT2D eigenvalue weighted by Crippen LogP contribution is 2.46. The van der Waals surface area contributed by atoms with Gasteiger partial charge in [-0.2, -0.15) is 5.10 Å². The summed E-state index contributed by atoms with van der Waals surface area (Å²) in [5.74, 6) is -0.215. The number of carbonyl (C=O) groups excluding carboxylic acids is 1. The number of amides is 1. The summed E-state index contributed by atoms with van der Waals surface area (Å²) in [6.07, 6.45) is 2.91. The number of carbonyl (C=O) groups is 1. The molecule has 2 rings (SSSR count). The third-order valence-corrected chi connectivity index (χ3v) is 3.16. The van der Waals surface area contributed by atoms with E-state index in [-0.39, 0.29) is 11.7 Å². The van der Waals surface area contributed by atoms with Crippen molar-refractivity contribution in [1.29, 1.82) is 0 Å². The first kappa shape index (κ1) is 11.4. The molecule has 92 valence electrons. The highest BCUT2D eigenvalue weighted by atomic mass is 16.4. The summed E-state index contributed by atoms with van der Waals surface area (Å²) in [7, 11) is 0. The number of hydrogen-bond donors (Lipinski definition) is 4. The van der Waals surface area contributed by atoms with E-state index in [4.69, 9.17) is 10.9 Å². The lowest BCUT2D eigenvalue weighted by atomic mass is 10.1. The van der Waals surface area contributed by atoms with Gasteiger partial charge in [0.05, 0.1) is 6.20 Å². The number of rotatable bonds is 4. The normalized spacial score (nSPS) is 17.8. The Labute approximate surface area is 98.1 Å². The summed E-state index contributed by atoms with van der Waals surface area (Å²) in [5.41, 5.74) is 6.55. The average molecular weight is 237 g/mol. The molecular formula is C10H15N5O2. The van der Waals surface area contributed by atoms with Gasteiger partial charge in [-0.1, -0.05) is 5.16 Å². The number of nitrogens with zero attached hydrogens (tertiary/aromatic N) is 2. The molecule has 0 aliphatic heterocycles. The van der Waals surface area contributed by atoms with E-state index in [1.807, 2.05) is 6.92 Å². The van der Waals surface area contributed by atoms with Gasteiger partial charge in [0.25, 0.3) is 0 Å². The van der Waals surface area contributed by atoms with E-state index >= 15 is 0 Å². The Morgan fingerprint density at radius 1 is 1.76 bits per heavy atom. The van der Waals surface area contributed by atoms with E-state index in [1.54, 1.807) is 6.20 Å². The third kappa shape index (κ3) is 1.95. The lowest BCUT2D eigenvalue weighted by Crippen LogP contribution is -2.40. The van der Waals surface area contributed by atoms with Crippen molar-refractivity contribution in [3.05, 3.63) is 17.5 Å². The van der Waals surface area contributed by atoms with Crippen molar-refractivity contribution in [3.8, 4) is 0 Å². The summed E-state index contributed by atoms with van der Waals surface area (Å²) >= 11 is 0. The average Bonchev–Trinajstić information content (AvgIpc) is 3.04. The fourth-order valence-corrected chi connectivity index (χ4v) is 1.72. The first-order valence-electron chi connectivity index (χ1n) is 5.35. The predicted molar refractivity (Wildman–Crippen MR) is 60.2 cm³/mol. The van der Waals surface area contributed by atoms with Crippen LogP contribution < -0.4 is 11.1 Å². The van der Waals surface area contributed by atoms with Gasteiger partial charge in [-0.25, -0.2) is 0 Å². The first-order valence-corrected chi connectivity index (χ1v) is 5.35. The number of nitrogens with two attached hydrogens (primary N) is 1. The molecule has 1 aliphatic rings. The number of hydrogen-bond acceptors (Lipinski definition) is 4. The highest BCUT2D eigenvalue weighted by molar-refractivity contribution is 6.09. The molecule has 5 N–H and O–H groups in total. The van der Waals surface area contributed by atoms with Crippen LogP contribution in [0.4, 0.5) is 0 Å². The van der Waals surface area contributed by atoms with Gasteiger partial charge in [-0.05, 0) is 19.8 Å². The molecule has 17 heavy (non-hydrogen) atoms. The second-order valence-electron chi connectivity index (χ2n) is 4.27. The maximum atomic E-state index is 11.9. The second-order valence-corrected chi connectivity index (χ2v) is 4.27. The predicted octanol–water partition coefficient (Wildman–Crippen LogP) is -0.139. The molecule has 0 aromatic carbocycles. The Morgan fingerprint density at radius 3 is 2.94 bits per heavy atom. The topological polar surface area (TPSA) is 116 Å². The fraction of sp³-hybridized carbons (Fsp3) is 0.500. The van der Waals surface area contributed by atoms with E-state index in [2.05, 4.69) is 20.7 Å². The van der Waals surface area contributed by atoms with Crippen LogP contribution in [0.25, 0.3) is 0 Å². The summed E-state index contributed by atoms with van der Waals surface area (Å²) in [6.45, 7) is 2.27. The van der Waals surface area contributed by atoms with E-state index in [1.165, 1.54) is 0 Å². The maximum Gasteiger partial charge on any atom is 0.234 e. The van der Waals surface area contributed by atoms with Crippen molar-refractivity contribution in [3.63, 3.8) is 0 Å². The van der Waals surface area contributed by atoms with E-state index < -0.39 is 5.41 Å². The van der Waals surface area contributed by atoms with Crippen LogP contribution >= 0.6 is 0 Å². The van der Waals surface area contributed by atoms with Crippen LogP contribution in [0.1, 0.15) is 24.1 Å². The summed E-state index contributed by atoms with van der Waals surface area (Å²) in [4.78, 5) is 11.9. The number of nitrogens with one attached hydrogen (secondary N) is 2. The zero-order valence-electron chi connectivity index (χ0n) is 9.53. The molecule has 0 atom stereocenters. The molecule has 1 amide bonds. The first-order chi connectivity index (χ1) is 8.10.